The average molecular weight is 340 g/mol. The normalized spacial score (nSPS) is 23.9. The fourth-order valence-corrected chi connectivity index (χ4v) is 4.10. The first kappa shape index (κ1) is 15.7. The maximum Gasteiger partial charge on any atom is 0.261 e. The van der Waals surface area contributed by atoms with Crippen LogP contribution in [-0.2, 0) is 23.8 Å². The summed E-state index contributed by atoms with van der Waals surface area (Å²) in [4.78, 5) is -0.164. The summed E-state index contributed by atoms with van der Waals surface area (Å²) >= 11 is 0. The van der Waals surface area contributed by atoms with Crippen molar-refractivity contribution < 1.29 is 21.6 Å². The van der Waals surface area contributed by atoms with E-state index in [4.69, 9.17) is 15.4 Å². The highest BCUT2D eigenvalue weighted by Gasteiger charge is 2.34. The lowest BCUT2D eigenvalue weighted by Crippen LogP contribution is -2.46. The van der Waals surface area contributed by atoms with Crippen molar-refractivity contribution in [2.24, 2.45) is 0 Å². The van der Waals surface area contributed by atoms with Crippen molar-refractivity contribution in [1.82, 2.24) is 4.72 Å². The molecule has 1 aliphatic rings. The topological polar surface area (TPSA) is 89.5 Å². The number of hydrogen-bond donors (Lipinski definition) is 1. The summed E-state index contributed by atoms with van der Waals surface area (Å²) < 4.78 is 54.4. The molecule has 1 aromatic rings. The summed E-state index contributed by atoms with van der Waals surface area (Å²) in [5, 5.41) is 0. The predicted octanol–water partition coefficient (Wildman–Crippen LogP) is 1.07. The second-order valence-electron chi connectivity index (χ2n) is 4.88. The van der Waals surface area contributed by atoms with Crippen molar-refractivity contribution in [3.05, 3.63) is 24.3 Å². The Bertz CT molecular complexity index is 691. The third-order valence-corrected chi connectivity index (χ3v) is 6.04. The summed E-state index contributed by atoms with van der Waals surface area (Å²) in [6, 6.07) is 4.72. The van der Waals surface area contributed by atoms with E-state index >= 15 is 0 Å². The van der Waals surface area contributed by atoms with Gasteiger partial charge in [-0.25, -0.2) is 21.6 Å². The maximum atomic E-state index is 12.2. The van der Waals surface area contributed by atoms with E-state index in [0.717, 1.165) is 12.1 Å². The highest BCUT2D eigenvalue weighted by Crippen LogP contribution is 2.22. The molecule has 112 valence electrons. The first-order valence-electron chi connectivity index (χ1n) is 5.79. The van der Waals surface area contributed by atoms with Gasteiger partial charge in [-0.3, -0.25) is 0 Å². The lowest BCUT2D eigenvalue weighted by Gasteiger charge is -2.23. The highest BCUT2D eigenvalue weighted by molar-refractivity contribution is 8.13. The second-order valence-corrected chi connectivity index (χ2v) is 9.13. The van der Waals surface area contributed by atoms with E-state index in [1.54, 1.807) is 6.92 Å². The molecule has 9 heteroatoms. The van der Waals surface area contributed by atoms with Gasteiger partial charge in [0.15, 0.2) is 0 Å². The van der Waals surface area contributed by atoms with E-state index in [0.29, 0.717) is 19.6 Å². The van der Waals surface area contributed by atoms with Crippen LogP contribution >= 0.6 is 10.7 Å². The Labute approximate surface area is 122 Å². The minimum absolute atomic E-state index is 0.0188. The molecule has 1 atom stereocenters. The van der Waals surface area contributed by atoms with Crippen LogP contribution in [0.2, 0.25) is 0 Å². The molecule has 1 fully saturated rings. The molecule has 0 aromatic heterocycles. The zero-order valence-corrected chi connectivity index (χ0v) is 13.1. The third kappa shape index (κ3) is 3.50. The number of nitrogens with one attached hydrogen (secondary N) is 1. The van der Waals surface area contributed by atoms with E-state index in [1.165, 1.54) is 12.1 Å². The second kappa shape index (κ2) is 5.27. The van der Waals surface area contributed by atoms with Crippen molar-refractivity contribution in [3.63, 3.8) is 0 Å². The number of sulfonamides is 1. The lowest BCUT2D eigenvalue weighted by atomic mass is 10.0. The SMILES string of the molecule is CC1(NS(=O)(=O)c2ccc(S(=O)(=O)Cl)cc2)CCOC1. The van der Waals surface area contributed by atoms with Gasteiger partial charge < -0.3 is 4.74 Å². The van der Waals surface area contributed by atoms with Crippen LogP contribution in [0.25, 0.3) is 0 Å². The molecule has 0 aliphatic carbocycles. The molecule has 1 heterocycles. The van der Waals surface area contributed by atoms with Crippen molar-refractivity contribution in [2.45, 2.75) is 28.7 Å². The van der Waals surface area contributed by atoms with Gasteiger partial charge in [0.2, 0.25) is 10.0 Å². The fourth-order valence-electron chi connectivity index (χ4n) is 1.91. The summed E-state index contributed by atoms with van der Waals surface area (Å²) in [7, 11) is -2.42. The van der Waals surface area contributed by atoms with E-state index in [-0.39, 0.29) is 9.79 Å². The van der Waals surface area contributed by atoms with E-state index < -0.39 is 24.6 Å². The van der Waals surface area contributed by atoms with Gasteiger partial charge in [-0.1, -0.05) is 0 Å². The van der Waals surface area contributed by atoms with Gasteiger partial charge in [-0.05, 0) is 37.6 Å². The molecule has 0 amide bonds. The average Bonchev–Trinajstić information content (AvgIpc) is 2.74. The molecule has 1 aliphatic heterocycles. The van der Waals surface area contributed by atoms with Crippen LogP contribution in [0.15, 0.2) is 34.1 Å². The molecule has 1 aromatic carbocycles. The number of hydrogen-bond acceptors (Lipinski definition) is 5. The standard InChI is InChI=1S/C11H14ClNO5S2/c1-11(6-7-18-8-11)13-20(16,17)10-4-2-9(3-5-10)19(12,14)15/h2-5,13H,6-8H2,1H3. The Morgan fingerprint density at radius 1 is 1.15 bits per heavy atom. The first-order chi connectivity index (χ1) is 9.12. The largest absolute Gasteiger partial charge is 0.379 e. The van der Waals surface area contributed by atoms with Crippen LogP contribution in [0.4, 0.5) is 0 Å². The van der Waals surface area contributed by atoms with Gasteiger partial charge in [-0.2, -0.15) is 0 Å². The Kier molecular flexibility index (Phi) is 4.14. The van der Waals surface area contributed by atoms with Crippen LogP contribution in [0.1, 0.15) is 13.3 Å². The first-order valence-corrected chi connectivity index (χ1v) is 9.58. The van der Waals surface area contributed by atoms with Crippen LogP contribution in [0.5, 0.6) is 0 Å². The number of rotatable bonds is 4. The maximum absolute atomic E-state index is 12.2. The Morgan fingerprint density at radius 3 is 2.15 bits per heavy atom. The van der Waals surface area contributed by atoms with Crippen molar-refractivity contribution in [2.75, 3.05) is 13.2 Å². The minimum atomic E-state index is -3.86. The zero-order valence-electron chi connectivity index (χ0n) is 10.7. The fraction of sp³-hybridized carbons (Fsp3) is 0.455. The Balaban J connectivity index is 2.26. The van der Waals surface area contributed by atoms with Crippen molar-refractivity contribution >= 4 is 29.8 Å². The van der Waals surface area contributed by atoms with Crippen LogP contribution < -0.4 is 4.72 Å². The molecule has 0 saturated carbocycles. The van der Waals surface area contributed by atoms with E-state index in [2.05, 4.69) is 4.72 Å². The van der Waals surface area contributed by atoms with Gasteiger partial charge in [0.1, 0.15) is 0 Å². The zero-order chi connectivity index (χ0) is 15.0. The summed E-state index contributed by atoms with van der Waals surface area (Å²) in [6.45, 7) is 2.57. The molecule has 0 bridgehead atoms. The van der Waals surface area contributed by atoms with Crippen LogP contribution in [-0.4, -0.2) is 35.6 Å². The predicted molar refractivity (Wildman–Crippen MR) is 73.6 cm³/mol. The molecule has 1 N–H and O–H groups in total. The Morgan fingerprint density at radius 2 is 1.70 bits per heavy atom. The van der Waals surface area contributed by atoms with Gasteiger partial charge in [0.25, 0.3) is 9.05 Å². The Hall–Kier alpha value is -0.670. The van der Waals surface area contributed by atoms with Gasteiger partial charge >= 0.3 is 0 Å². The number of benzene rings is 1. The molecular weight excluding hydrogens is 326 g/mol. The summed E-state index contributed by atoms with van der Waals surface area (Å²) in [5.74, 6) is 0. The van der Waals surface area contributed by atoms with Crippen LogP contribution in [0, 0.1) is 0 Å². The molecule has 2 rings (SSSR count). The number of ether oxygens (including phenoxy) is 1. The smallest absolute Gasteiger partial charge is 0.261 e. The van der Waals surface area contributed by atoms with Crippen LogP contribution in [0.3, 0.4) is 0 Å². The summed E-state index contributed by atoms with van der Waals surface area (Å²) in [5.41, 5.74) is -0.643. The molecule has 20 heavy (non-hydrogen) atoms. The van der Waals surface area contributed by atoms with E-state index in [9.17, 15) is 16.8 Å². The molecule has 6 nitrogen and oxygen atoms in total. The lowest BCUT2D eigenvalue weighted by molar-refractivity contribution is 0.178. The van der Waals surface area contributed by atoms with E-state index in [1.807, 2.05) is 0 Å². The minimum Gasteiger partial charge on any atom is -0.379 e. The quantitative estimate of drug-likeness (QED) is 0.829. The third-order valence-electron chi connectivity index (χ3n) is 3.02. The molecule has 1 saturated heterocycles. The van der Waals surface area contributed by atoms with Gasteiger partial charge in [0.05, 0.1) is 21.9 Å². The molecule has 0 spiro atoms. The number of halogens is 1. The van der Waals surface area contributed by atoms with Gasteiger partial charge in [0, 0.05) is 17.3 Å². The monoisotopic (exact) mass is 339 g/mol. The highest BCUT2D eigenvalue weighted by atomic mass is 35.7. The molecular formula is C11H14ClNO5S2. The molecule has 1 unspecified atom stereocenters. The molecule has 0 radical (unpaired) electrons. The van der Waals surface area contributed by atoms with Crippen molar-refractivity contribution in [3.8, 4) is 0 Å². The van der Waals surface area contributed by atoms with Crippen molar-refractivity contribution in [1.29, 1.82) is 0 Å². The summed E-state index contributed by atoms with van der Waals surface area (Å²) in [6.07, 6.45) is 0.584. The van der Waals surface area contributed by atoms with Gasteiger partial charge in [-0.15, -0.1) is 0 Å².